The number of benzene rings is 1. The van der Waals surface area contributed by atoms with Crippen molar-refractivity contribution >= 4 is 0 Å². The van der Waals surface area contributed by atoms with Crippen LogP contribution < -0.4 is 9.47 Å². The van der Waals surface area contributed by atoms with Crippen LogP contribution in [0.25, 0.3) is 0 Å². The van der Waals surface area contributed by atoms with Crippen LogP contribution >= 0.6 is 0 Å². The number of rotatable bonds is 7. The molecule has 0 amide bonds. The number of aryl methyl sites for hydroxylation is 2. The minimum absolute atomic E-state index is 0.201. The Morgan fingerprint density at radius 2 is 1.76 bits per heavy atom. The number of hydrogen-bond donors (Lipinski definition) is 1. The molecule has 2 aromatic rings. The fraction of sp³-hybridized carbons (Fsp3) is 0.467. The average Bonchev–Trinajstić information content (AvgIpc) is 2.76. The molecule has 1 unspecified atom stereocenters. The molecule has 2 rings (SSSR count). The zero-order valence-corrected chi connectivity index (χ0v) is 12.6. The molecule has 0 spiro atoms. The topological polar surface area (TPSA) is 69.4 Å². The number of ether oxygens (including phenoxy) is 2. The van der Waals surface area contributed by atoms with Gasteiger partial charge in [0.1, 0.15) is 35.9 Å². The van der Waals surface area contributed by atoms with Gasteiger partial charge in [-0.05, 0) is 45.0 Å². The maximum Gasteiger partial charge on any atom is 0.147 e. The molecule has 6 nitrogen and oxygen atoms in total. The van der Waals surface area contributed by atoms with Crippen LogP contribution in [0.4, 0.5) is 0 Å². The summed E-state index contributed by atoms with van der Waals surface area (Å²) >= 11 is 0. The van der Waals surface area contributed by atoms with Gasteiger partial charge in [-0.15, -0.1) is 0 Å². The summed E-state index contributed by atoms with van der Waals surface area (Å²) < 4.78 is 12.6. The molecule has 1 atom stereocenters. The van der Waals surface area contributed by atoms with Crippen LogP contribution in [-0.4, -0.2) is 39.2 Å². The summed E-state index contributed by atoms with van der Waals surface area (Å²) in [6.07, 6.45) is -0.642. The maximum atomic E-state index is 10.00. The lowest BCUT2D eigenvalue weighted by Crippen LogP contribution is -2.24. The monoisotopic (exact) mass is 291 g/mol. The first-order chi connectivity index (χ1) is 10.1. The van der Waals surface area contributed by atoms with E-state index >= 15 is 0 Å². The Morgan fingerprint density at radius 1 is 1.14 bits per heavy atom. The molecule has 21 heavy (non-hydrogen) atoms. The van der Waals surface area contributed by atoms with Crippen molar-refractivity contribution in [1.82, 2.24) is 14.8 Å². The van der Waals surface area contributed by atoms with Crippen molar-refractivity contribution in [3.63, 3.8) is 0 Å². The molecule has 0 aliphatic rings. The van der Waals surface area contributed by atoms with Gasteiger partial charge in [0.15, 0.2) is 0 Å². The highest BCUT2D eigenvalue weighted by Crippen LogP contribution is 2.17. The molecule has 0 saturated heterocycles. The Bertz CT molecular complexity index is 566. The molecule has 0 bridgehead atoms. The number of aliphatic hydroxyl groups is 1. The van der Waals surface area contributed by atoms with Crippen molar-refractivity contribution in [3.8, 4) is 11.5 Å². The normalized spacial score (nSPS) is 12.2. The Labute approximate surface area is 124 Å². The standard InChI is InChI=1S/C15H21N3O3/c1-4-20-14-5-7-15(8-6-14)21-10-13(19)9-18-12(3)16-11(2)17-18/h5-8,13,19H,4,9-10H2,1-3H3. The van der Waals surface area contributed by atoms with Crippen molar-refractivity contribution < 1.29 is 14.6 Å². The summed E-state index contributed by atoms with van der Waals surface area (Å²) in [5.74, 6) is 2.99. The van der Waals surface area contributed by atoms with Crippen molar-refractivity contribution in [3.05, 3.63) is 35.9 Å². The van der Waals surface area contributed by atoms with Gasteiger partial charge < -0.3 is 14.6 Å². The predicted molar refractivity (Wildman–Crippen MR) is 78.6 cm³/mol. The molecule has 1 N–H and O–H groups in total. The van der Waals surface area contributed by atoms with Gasteiger partial charge in [0.2, 0.25) is 0 Å². The SMILES string of the molecule is CCOc1ccc(OCC(O)Cn2nc(C)nc2C)cc1. The van der Waals surface area contributed by atoms with E-state index in [1.165, 1.54) is 0 Å². The maximum absolute atomic E-state index is 10.00. The minimum Gasteiger partial charge on any atom is -0.494 e. The van der Waals surface area contributed by atoms with Gasteiger partial charge in [-0.3, -0.25) is 0 Å². The van der Waals surface area contributed by atoms with E-state index in [-0.39, 0.29) is 6.61 Å². The molecule has 0 aliphatic heterocycles. The highest BCUT2D eigenvalue weighted by atomic mass is 16.5. The number of nitrogens with zero attached hydrogens (tertiary/aromatic N) is 3. The Balaban J connectivity index is 1.83. The first-order valence-corrected chi connectivity index (χ1v) is 7.00. The molecule has 1 aromatic carbocycles. The van der Waals surface area contributed by atoms with Gasteiger partial charge in [-0.1, -0.05) is 0 Å². The summed E-state index contributed by atoms with van der Waals surface area (Å²) in [7, 11) is 0. The van der Waals surface area contributed by atoms with E-state index in [1.54, 1.807) is 4.68 Å². The van der Waals surface area contributed by atoms with E-state index in [1.807, 2.05) is 45.0 Å². The summed E-state index contributed by atoms with van der Waals surface area (Å²) in [5.41, 5.74) is 0. The molecule has 0 fully saturated rings. The zero-order valence-electron chi connectivity index (χ0n) is 12.6. The third kappa shape index (κ3) is 4.46. The van der Waals surface area contributed by atoms with Crippen LogP contribution in [-0.2, 0) is 6.54 Å². The summed E-state index contributed by atoms with van der Waals surface area (Å²) in [4.78, 5) is 4.20. The number of aliphatic hydroxyl groups excluding tert-OH is 1. The van der Waals surface area contributed by atoms with Gasteiger partial charge in [0.25, 0.3) is 0 Å². The molecular weight excluding hydrogens is 270 g/mol. The first-order valence-electron chi connectivity index (χ1n) is 7.00. The number of aromatic nitrogens is 3. The van der Waals surface area contributed by atoms with Crippen LogP contribution in [0.1, 0.15) is 18.6 Å². The summed E-state index contributed by atoms with van der Waals surface area (Å²) in [6.45, 7) is 6.83. The van der Waals surface area contributed by atoms with E-state index in [2.05, 4.69) is 10.1 Å². The van der Waals surface area contributed by atoms with Gasteiger partial charge in [-0.25, -0.2) is 9.67 Å². The molecule has 0 radical (unpaired) electrons. The average molecular weight is 291 g/mol. The zero-order chi connectivity index (χ0) is 15.2. The lowest BCUT2D eigenvalue weighted by atomic mass is 10.3. The molecule has 0 aliphatic carbocycles. The van der Waals surface area contributed by atoms with Crippen LogP contribution in [0.15, 0.2) is 24.3 Å². The quantitative estimate of drug-likeness (QED) is 0.841. The van der Waals surface area contributed by atoms with Crippen molar-refractivity contribution in [2.24, 2.45) is 0 Å². The van der Waals surface area contributed by atoms with Crippen molar-refractivity contribution in [2.45, 2.75) is 33.4 Å². The van der Waals surface area contributed by atoms with E-state index in [9.17, 15) is 5.11 Å². The van der Waals surface area contributed by atoms with E-state index in [0.29, 0.717) is 24.7 Å². The second kappa shape index (κ2) is 7.08. The van der Waals surface area contributed by atoms with Gasteiger partial charge in [-0.2, -0.15) is 5.10 Å². The van der Waals surface area contributed by atoms with E-state index in [0.717, 1.165) is 11.6 Å². The lowest BCUT2D eigenvalue weighted by molar-refractivity contribution is 0.0885. The third-order valence-corrected chi connectivity index (χ3v) is 2.92. The lowest BCUT2D eigenvalue weighted by Gasteiger charge is -2.13. The number of hydrogen-bond acceptors (Lipinski definition) is 5. The molecular formula is C15H21N3O3. The van der Waals surface area contributed by atoms with Gasteiger partial charge >= 0.3 is 0 Å². The third-order valence-electron chi connectivity index (χ3n) is 2.92. The second-order valence-electron chi connectivity index (χ2n) is 4.76. The smallest absolute Gasteiger partial charge is 0.147 e. The minimum atomic E-state index is -0.642. The highest BCUT2D eigenvalue weighted by molar-refractivity contribution is 5.31. The van der Waals surface area contributed by atoms with Crippen LogP contribution in [0.3, 0.4) is 0 Å². The van der Waals surface area contributed by atoms with E-state index in [4.69, 9.17) is 9.47 Å². The molecule has 6 heteroatoms. The fourth-order valence-corrected chi connectivity index (χ4v) is 1.98. The van der Waals surface area contributed by atoms with Crippen molar-refractivity contribution in [1.29, 1.82) is 0 Å². The Hall–Kier alpha value is -2.08. The molecule has 1 aromatic heterocycles. The summed E-state index contributed by atoms with van der Waals surface area (Å²) in [5, 5.41) is 14.2. The molecule has 1 heterocycles. The van der Waals surface area contributed by atoms with Crippen LogP contribution in [0, 0.1) is 13.8 Å². The second-order valence-corrected chi connectivity index (χ2v) is 4.76. The van der Waals surface area contributed by atoms with Gasteiger partial charge in [0, 0.05) is 0 Å². The molecule has 0 saturated carbocycles. The predicted octanol–water partition coefficient (Wildman–Crippen LogP) is 1.73. The van der Waals surface area contributed by atoms with Crippen molar-refractivity contribution in [2.75, 3.05) is 13.2 Å². The van der Waals surface area contributed by atoms with Crippen LogP contribution in [0.2, 0.25) is 0 Å². The van der Waals surface area contributed by atoms with Gasteiger partial charge in [0.05, 0.1) is 13.2 Å². The Morgan fingerprint density at radius 3 is 2.29 bits per heavy atom. The van der Waals surface area contributed by atoms with E-state index < -0.39 is 6.10 Å². The summed E-state index contributed by atoms with van der Waals surface area (Å²) in [6, 6.07) is 7.33. The fourth-order valence-electron chi connectivity index (χ4n) is 1.98. The van der Waals surface area contributed by atoms with Crippen LogP contribution in [0.5, 0.6) is 11.5 Å². The first kappa shape index (κ1) is 15.3. The highest BCUT2D eigenvalue weighted by Gasteiger charge is 2.10. The molecule has 114 valence electrons. The Kier molecular flexibility index (Phi) is 5.16. The largest absolute Gasteiger partial charge is 0.494 e.